The molecule has 0 aromatic heterocycles. The van der Waals surface area contributed by atoms with Crippen molar-refractivity contribution in [3.8, 4) is 0 Å². The molecule has 0 atom stereocenters. The van der Waals surface area contributed by atoms with Gasteiger partial charge in [-0.1, -0.05) is 29.9 Å². The summed E-state index contributed by atoms with van der Waals surface area (Å²) >= 11 is 11.0. The summed E-state index contributed by atoms with van der Waals surface area (Å²) in [6.45, 7) is 0.712. The Hall–Kier alpha value is -1.33. The number of thiocarbonyl (C=S) groups is 1. The molecule has 0 radical (unpaired) electrons. The van der Waals surface area contributed by atoms with E-state index in [1.165, 1.54) is 0 Å². The fraction of sp³-hybridized carbons (Fsp3) is 0.333. The number of nitrogens with one attached hydrogen (secondary N) is 1. The molecule has 98 valence electrons. The van der Waals surface area contributed by atoms with Crippen LogP contribution in [0.2, 0.25) is 5.02 Å². The average molecular weight is 286 g/mol. The zero-order valence-electron chi connectivity index (χ0n) is 9.91. The molecule has 4 nitrogen and oxygen atoms in total. The summed E-state index contributed by atoms with van der Waals surface area (Å²) in [5, 5.41) is 3.74. The van der Waals surface area contributed by atoms with Crippen molar-refractivity contribution in [2.45, 2.75) is 19.3 Å². The largest absolute Gasteiger partial charge is 0.389 e. The van der Waals surface area contributed by atoms with E-state index in [9.17, 15) is 4.79 Å². The molecule has 0 aliphatic rings. The molecule has 0 saturated heterocycles. The van der Waals surface area contributed by atoms with Gasteiger partial charge in [0.1, 0.15) is 4.99 Å². The van der Waals surface area contributed by atoms with Crippen LogP contribution in [0.25, 0.3) is 0 Å². The molecular formula is C12H16ClN3OS. The first kappa shape index (κ1) is 14.7. The number of hydrogen-bond donors (Lipinski definition) is 3. The van der Waals surface area contributed by atoms with Crippen molar-refractivity contribution in [1.29, 1.82) is 0 Å². The van der Waals surface area contributed by atoms with E-state index in [1.807, 2.05) is 12.1 Å². The number of primary amides is 1. The predicted molar refractivity (Wildman–Crippen MR) is 78.9 cm³/mol. The molecular weight excluding hydrogens is 270 g/mol. The third-order valence-electron chi connectivity index (χ3n) is 2.43. The van der Waals surface area contributed by atoms with Crippen LogP contribution in [0.15, 0.2) is 18.2 Å². The molecule has 0 unspecified atom stereocenters. The van der Waals surface area contributed by atoms with Gasteiger partial charge in [0.05, 0.1) is 10.6 Å². The molecule has 5 N–H and O–H groups in total. The zero-order chi connectivity index (χ0) is 13.5. The molecule has 1 aromatic carbocycles. The van der Waals surface area contributed by atoms with Crippen LogP contribution in [-0.2, 0) is 4.79 Å². The molecule has 18 heavy (non-hydrogen) atoms. The van der Waals surface area contributed by atoms with Gasteiger partial charge in [-0.05, 0) is 25.0 Å². The SMILES string of the molecule is NC(=O)CCCCNc1cccc(Cl)c1C(N)=S. The molecule has 1 amide bonds. The highest BCUT2D eigenvalue weighted by Crippen LogP contribution is 2.24. The summed E-state index contributed by atoms with van der Waals surface area (Å²) < 4.78 is 0. The number of carbonyl (C=O) groups excluding carboxylic acids is 1. The number of nitrogens with two attached hydrogens (primary N) is 2. The van der Waals surface area contributed by atoms with Crippen LogP contribution in [0.4, 0.5) is 5.69 Å². The lowest BCUT2D eigenvalue weighted by molar-refractivity contribution is -0.118. The minimum Gasteiger partial charge on any atom is -0.389 e. The van der Waals surface area contributed by atoms with E-state index in [2.05, 4.69) is 5.32 Å². The second-order valence-electron chi connectivity index (χ2n) is 3.88. The maximum absolute atomic E-state index is 10.6. The smallest absolute Gasteiger partial charge is 0.217 e. The summed E-state index contributed by atoms with van der Waals surface area (Å²) in [6.07, 6.45) is 2.00. The number of unbranched alkanes of at least 4 members (excludes halogenated alkanes) is 1. The van der Waals surface area contributed by atoms with Gasteiger partial charge in [-0.3, -0.25) is 4.79 Å². The molecule has 0 fully saturated rings. The van der Waals surface area contributed by atoms with Gasteiger partial charge in [-0.25, -0.2) is 0 Å². The van der Waals surface area contributed by atoms with E-state index < -0.39 is 0 Å². The zero-order valence-corrected chi connectivity index (χ0v) is 11.5. The molecule has 0 aliphatic heterocycles. The van der Waals surface area contributed by atoms with Gasteiger partial charge in [0.15, 0.2) is 0 Å². The lowest BCUT2D eigenvalue weighted by atomic mass is 10.1. The number of anilines is 1. The number of amides is 1. The molecule has 6 heteroatoms. The minimum absolute atomic E-state index is 0.264. The third-order valence-corrected chi connectivity index (χ3v) is 2.94. The Kier molecular flexibility index (Phi) is 5.88. The van der Waals surface area contributed by atoms with Crippen LogP contribution < -0.4 is 16.8 Å². The van der Waals surface area contributed by atoms with Crippen molar-refractivity contribution >= 4 is 40.4 Å². The van der Waals surface area contributed by atoms with Crippen LogP contribution >= 0.6 is 23.8 Å². The summed E-state index contributed by atoms with van der Waals surface area (Å²) in [5.41, 5.74) is 12.2. The van der Waals surface area contributed by atoms with E-state index >= 15 is 0 Å². The van der Waals surface area contributed by atoms with Gasteiger partial charge in [0, 0.05) is 18.7 Å². The number of benzene rings is 1. The van der Waals surface area contributed by atoms with E-state index in [1.54, 1.807) is 6.07 Å². The first-order chi connectivity index (χ1) is 8.52. The van der Waals surface area contributed by atoms with Crippen molar-refractivity contribution in [2.24, 2.45) is 11.5 Å². The quantitative estimate of drug-likeness (QED) is 0.529. The second-order valence-corrected chi connectivity index (χ2v) is 4.72. The van der Waals surface area contributed by atoms with E-state index in [-0.39, 0.29) is 10.9 Å². The molecule has 0 spiro atoms. The van der Waals surface area contributed by atoms with Gasteiger partial charge in [0.25, 0.3) is 0 Å². The Morgan fingerprint density at radius 3 is 2.67 bits per heavy atom. The molecule has 0 heterocycles. The monoisotopic (exact) mass is 285 g/mol. The topological polar surface area (TPSA) is 81.1 Å². The first-order valence-corrected chi connectivity index (χ1v) is 6.41. The van der Waals surface area contributed by atoms with Crippen LogP contribution in [0.1, 0.15) is 24.8 Å². The van der Waals surface area contributed by atoms with Gasteiger partial charge >= 0.3 is 0 Å². The molecule has 1 aromatic rings. The number of carbonyl (C=O) groups is 1. The molecule has 0 saturated carbocycles. The highest BCUT2D eigenvalue weighted by molar-refractivity contribution is 7.80. The van der Waals surface area contributed by atoms with Crippen LogP contribution in [0.5, 0.6) is 0 Å². The van der Waals surface area contributed by atoms with Crippen LogP contribution in [0, 0.1) is 0 Å². The molecule has 0 bridgehead atoms. The summed E-state index contributed by atoms with van der Waals surface area (Å²) in [4.78, 5) is 10.8. The Morgan fingerprint density at radius 2 is 2.06 bits per heavy atom. The molecule has 1 rings (SSSR count). The van der Waals surface area contributed by atoms with E-state index in [4.69, 9.17) is 35.3 Å². The highest BCUT2D eigenvalue weighted by Gasteiger charge is 2.08. The van der Waals surface area contributed by atoms with Crippen molar-refractivity contribution in [2.75, 3.05) is 11.9 Å². The van der Waals surface area contributed by atoms with Crippen LogP contribution in [0.3, 0.4) is 0 Å². The average Bonchev–Trinajstić information content (AvgIpc) is 2.27. The fourth-order valence-corrected chi connectivity index (χ4v) is 2.12. The number of rotatable bonds is 7. The number of halogens is 1. The minimum atomic E-state index is -0.276. The van der Waals surface area contributed by atoms with Gasteiger partial charge in [0.2, 0.25) is 5.91 Å². The summed E-state index contributed by atoms with van der Waals surface area (Å²) in [7, 11) is 0. The Bertz CT molecular complexity index is 451. The van der Waals surface area contributed by atoms with Crippen LogP contribution in [-0.4, -0.2) is 17.4 Å². The Morgan fingerprint density at radius 1 is 1.33 bits per heavy atom. The lowest BCUT2D eigenvalue weighted by Gasteiger charge is -2.12. The molecule has 0 aliphatic carbocycles. The van der Waals surface area contributed by atoms with Crippen molar-refractivity contribution in [1.82, 2.24) is 0 Å². The first-order valence-electron chi connectivity index (χ1n) is 5.63. The van der Waals surface area contributed by atoms with Crippen molar-refractivity contribution < 1.29 is 4.79 Å². The Labute approximate surface area is 117 Å². The maximum Gasteiger partial charge on any atom is 0.217 e. The standard InChI is InChI=1S/C12H16ClN3OS/c13-8-4-3-5-9(11(8)12(15)18)16-7-2-1-6-10(14)17/h3-5,16H,1-2,6-7H2,(H2,14,17)(H2,15,18). The van der Waals surface area contributed by atoms with Gasteiger partial charge in [-0.15, -0.1) is 0 Å². The van der Waals surface area contributed by atoms with Crippen molar-refractivity contribution in [3.05, 3.63) is 28.8 Å². The third kappa shape index (κ3) is 4.50. The maximum atomic E-state index is 10.6. The Balaban J connectivity index is 2.54. The normalized spacial score (nSPS) is 10.1. The van der Waals surface area contributed by atoms with E-state index in [0.717, 1.165) is 18.5 Å². The van der Waals surface area contributed by atoms with E-state index in [0.29, 0.717) is 23.6 Å². The predicted octanol–water partition coefficient (Wildman–Crippen LogP) is 2.04. The van der Waals surface area contributed by atoms with Gasteiger partial charge in [-0.2, -0.15) is 0 Å². The summed E-state index contributed by atoms with van der Waals surface area (Å²) in [5.74, 6) is -0.276. The highest BCUT2D eigenvalue weighted by atomic mass is 35.5. The second kappa shape index (κ2) is 7.18. The number of hydrogen-bond acceptors (Lipinski definition) is 3. The van der Waals surface area contributed by atoms with Gasteiger partial charge < -0.3 is 16.8 Å². The lowest BCUT2D eigenvalue weighted by Crippen LogP contribution is -2.15. The fourth-order valence-electron chi connectivity index (χ4n) is 1.57. The summed E-state index contributed by atoms with van der Waals surface area (Å²) in [6, 6.07) is 5.44. The van der Waals surface area contributed by atoms with Crippen molar-refractivity contribution in [3.63, 3.8) is 0 Å².